The standard InChI is InChI=1S/C14H26N2O4S/c1-16(13-5-3-2-4-6-13)21(19,20)15-12-9-7-11(8-10-12)14(17)18/h11-13,15H,2-10H2,1H3,(H,17,18). The molecule has 2 aliphatic carbocycles. The van der Waals surface area contributed by atoms with E-state index in [2.05, 4.69) is 4.72 Å². The number of carbonyl (C=O) groups is 1. The minimum atomic E-state index is -3.46. The third-order valence-corrected chi connectivity index (χ3v) is 6.55. The second-order valence-electron chi connectivity index (χ2n) is 6.32. The van der Waals surface area contributed by atoms with E-state index in [9.17, 15) is 13.2 Å². The Hall–Kier alpha value is -0.660. The quantitative estimate of drug-likeness (QED) is 0.808. The predicted molar refractivity (Wildman–Crippen MR) is 80.1 cm³/mol. The van der Waals surface area contributed by atoms with Crippen molar-refractivity contribution in [3.8, 4) is 0 Å². The summed E-state index contributed by atoms with van der Waals surface area (Å²) in [6.45, 7) is 0. The molecule has 6 nitrogen and oxygen atoms in total. The van der Waals surface area contributed by atoms with Gasteiger partial charge >= 0.3 is 5.97 Å². The SMILES string of the molecule is CN(C1CCCCC1)S(=O)(=O)NC1CCC(C(=O)O)CC1. The van der Waals surface area contributed by atoms with Gasteiger partial charge in [0, 0.05) is 19.1 Å². The first-order valence-electron chi connectivity index (χ1n) is 7.88. The second-order valence-corrected chi connectivity index (χ2v) is 8.08. The van der Waals surface area contributed by atoms with Gasteiger partial charge < -0.3 is 5.11 Å². The normalized spacial score (nSPS) is 28.7. The van der Waals surface area contributed by atoms with E-state index in [0.717, 1.165) is 25.7 Å². The number of nitrogens with zero attached hydrogens (tertiary/aromatic N) is 1. The van der Waals surface area contributed by atoms with Crippen LogP contribution < -0.4 is 4.72 Å². The first-order chi connectivity index (χ1) is 9.90. The van der Waals surface area contributed by atoms with Crippen molar-refractivity contribution < 1.29 is 18.3 Å². The predicted octanol–water partition coefficient (Wildman–Crippen LogP) is 1.73. The number of carboxylic acid groups (broad SMARTS) is 1. The Morgan fingerprint density at radius 3 is 2.14 bits per heavy atom. The highest BCUT2D eigenvalue weighted by molar-refractivity contribution is 7.87. The van der Waals surface area contributed by atoms with Crippen LogP contribution in [0.3, 0.4) is 0 Å². The Kier molecular flexibility index (Phi) is 5.62. The zero-order valence-corrected chi connectivity index (χ0v) is 13.4. The summed E-state index contributed by atoms with van der Waals surface area (Å²) in [6, 6.07) is -0.0248. The molecule has 2 aliphatic rings. The van der Waals surface area contributed by atoms with Gasteiger partial charge in [0.05, 0.1) is 5.92 Å². The Labute approximate surface area is 127 Å². The zero-order chi connectivity index (χ0) is 15.5. The fourth-order valence-electron chi connectivity index (χ4n) is 3.39. The van der Waals surface area contributed by atoms with Crippen molar-refractivity contribution >= 4 is 16.2 Å². The smallest absolute Gasteiger partial charge is 0.306 e. The van der Waals surface area contributed by atoms with Gasteiger partial charge in [-0.15, -0.1) is 0 Å². The van der Waals surface area contributed by atoms with Crippen LogP contribution in [-0.2, 0) is 15.0 Å². The Morgan fingerprint density at radius 1 is 1.05 bits per heavy atom. The summed E-state index contributed by atoms with van der Waals surface area (Å²) in [5, 5.41) is 8.97. The molecule has 2 N–H and O–H groups in total. The molecule has 0 heterocycles. The van der Waals surface area contributed by atoms with E-state index in [1.165, 1.54) is 10.7 Å². The van der Waals surface area contributed by atoms with Crippen LogP contribution in [0.2, 0.25) is 0 Å². The number of carboxylic acids is 1. The molecule has 0 aromatic rings. The minimum absolute atomic E-state index is 0.103. The summed E-state index contributed by atoms with van der Waals surface area (Å²) in [5.74, 6) is -1.09. The van der Waals surface area contributed by atoms with Crippen molar-refractivity contribution in [1.29, 1.82) is 0 Å². The van der Waals surface area contributed by atoms with E-state index >= 15 is 0 Å². The fraction of sp³-hybridized carbons (Fsp3) is 0.929. The maximum absolute atomic E-state index is 12.4. The molecule has 0 spiro atoms. The lowest BCUT2D eigenvalue weighted by Gasteiger charge is -2.33. The first-order valence-corrected chi connectivity index (χ1v) is 9.32. The summed E-state index contributed by atoms with van der Waals surface area (Å²) in [5.41, 5.74) is 0. The molecule has 0 bridgehead atoms. The van der Waals surface area contributed by atoms with Gasteiger partial charge in [-0.1, -0.05) is 19.3 Å². The van der Waals surface area contributed by atoms with Crippen molar-refractivity contribution in [3.63, 3.8) is 0 Å². The molecule has 7 heteroatoms. The van der Waals surface area contributed by atoms with E-state index in [1.807, 2.05) is 0 Å². The maximum atomic E-state index is 12.4. The molecule has 0 aromatic heterocycles. The van der Waals surface area contributed by atoms with E-state index in [0.29, 0.717) is 25.7 Å². The minimum Gasteiger partial charge on any atom is -0.481 e. The number of hydrogen-bond donors (Lipinski definition) is 2. The van der Waals surface area contributed by atoms with Gasteiger partial charge in [-0.3, -0.25) is 4.79 Å². The fourth-order valence-corrected chi connectivity index (χ4v) is 4.82. The summed E-state index contributed by atoms with van der Waals surface area (Å²) in [6.07, 6.45) is 7.56. The highest BCUT2D eigenvalue weighted by Crippen LogP contribution is 2.26. The van der Waals surface area contributed by atoms with E-state index < -0.39 is 16.2 Å². The molecule has 0 atom stereocenters. The largest absolute Gasteiger partial charge is 0.481 e. The van der Waals surface area contributed by atoms with E-state index in [4.69, 9.17) is 5.11 Å². The van der Waals surface area contributed by atoms with Crippen molar-refractivity contribution in [3.05, 3.63) is 0 Å². The van der Waals surface area contributed by atoms with Crippen molar-refractivity contribution in [2.24, 2.45) is 5.92 Å². The van der Waals surface area contributed by atoms with Gasteiger partial charge in [0.15, 0.2) is 0 Å². The lowest BCUT2D eigenvalue weighted by Crippen LogP contribution is -2.49. The van der Waals surface area contributed by atoms with Crippen LogP contribution in [0.5, 0.6) is 0 Å². The number of nitrogens with one attached hydrogen (secondary N) is 1. The lowest BCUT2D eigenvalue weighted by atomic mass is 9.87. The molecule has 2 rings (SSSR count). The van der Waals surface area contributed by atoms with Crippen LogP contribution in [0.4, 0.5) is 0 Å². The molecule has 0 aromatic carbocycles. The summed E-state index contributed by atoms with van der Waals surface area (Å²) in [4.78, 5) is 10.9. The molecule has 0 saturated heterocycles. The topological polar surface area (TPSA) is 86.7 Å². The van der Waals surface area contributed by atoms with Crippen molar-refractivity contribution in [2.75, 3.05) is 7.05 Å². The van der Waals surface area contributed by atoms with Gasteiger partial charge in [-0.05, 0) is 38.5 Å². The van der Waals surface area contributed by atoms with Crippen LogP contribution in [0.25, 0.3) is 0 Å². The third-order valence-electron chi connectivity index (χ3n) is 4.86. The molecule has 0 unspecified atom stereocenters. The monoisotopic (exact) mass is 318 g/mol. The van der Waals surface area contributed by atoms with Gasteiger partial charge in [-0.25, -0.2) is 0 Å². The van der Waals surface area contributed by atoms with Crippen LogP contribution in [-0.4, -0.2) is 42.9 Å². The average Bonchev–Trinajstić information content (AvgIpc) is 2.47. The molecular weight excluding hydrogens is 292 g/mol. The van der Waals surface area contributed by atoms with Crippen molar-refractivity contribution in [1.82, 2.24) is 9.03 Å². The molecular formula is C14H26N2O4S. The molecule has 2 saturated carbocycles. The van der Waals surface area contributed by atoms with Crippen LogP contribution >= 0.6 is 0 Å². The highest BCUT2D eigenvalue weighted by Gasteiger charge is 2.32. The van der Waals surface area contributed by atoms with Crippen LogP contribution in [0, 0.1) is 5.92 Å². The number of aliphatic carboxylic acids is 1. The first kappa shape index (κ1) is 16.7. The molecule has 0 aliphatic heterocycles. The molecule has 21 heavy (non-hydrogen) atoms. The lowest BCUT2D eigenvalue weighted by molar-refractivity contribution is -0.142. The van der Waals surface area contributed by atoms with Gasteiger partial charge in [-0.2, -0.15) is 17.4 Å². The van der Waals surface area contributed by atoms with Crippen LogP contribution in [0.15, 0.2) is 0 Å². The zero-order valence-electron chi connectivity index (χ0n) is 12.6. The summed E-state index contributed by atoms with van der Waals surface area (Å²) in [7, 11) is -1.81. The second kappa shape index (κ2) is 7.07. The maximum Gasteiger partial charge on any atom is 0.306 e. The highest BCUT2D eigenvalue weighted by atomic mass is 32.2. The van der Waals surface area contributed by atoms with Gasteiger partial charge in [0.1, 0.15) is 0 Å². The Morgan fingerprint density at radius 2 is 1.62 bits per heavy atom. The summed E-state index contributed by atoms with van der Waals surface area (Å²) >= 11 is 0. The van der Waals surface area contributed by atoms with Gasteiger partial charge in [0.2, 0.25) is 0 Å². The molecule has 0 amide bonds. The van der Waals surface area contributed by atoms with Gasteiger partial charge in [0.25, 0.3) is 10.2 Å². The Balaban J connectivity index is 1.87. The van der Waals surface area contributed by atoms with E-state index in [1.54, 1.807) is 7.05 Å². The number of hydrogen-bond acceptors (Lipinski definition) is 3. The van der Waals surface area contributed by atoms with Crippen LogP contribution in [0.1, 0.15) is 57.8 Å². The Bertz CT molecular complexity index is 452. The molecule has 122 valence electrons. The average molecular weight is 318 g/mol. The number of rotatable bonds is 5. The molecule has 2 fully saturated rings. The summed E-state index contributed by atoms with van der Waals surface area (Å²) < 4.78 is 29.1. The van der Waals surface area contributed by atoms with Crippen molar-refractivity contribution in [2.45, 2.75) is 69.9 Å². The molecule has 0 radical (unpaired) electrons. The van der Waals surface area contributed by atoms with E-state index in [-0.39, 0.29) is 18.0 Å². The third kappa shape index (κ3) is 4.40.